The van der Waals surface area contributed by atoms with Crippen LogP contribution in [0.1, 0.15) is 11.1 Å². The third kappa shape index (κ3) is 3.58. The number of rotatable bonds is 4. The van der Waals surface area contributed by atoms with E-state index in [9.17, 15) is 0 Å². The first-order chi connectivity index (χ1) is 10.3. The number of allylic oxidation sites excluding steroid dienone is 1. The van der Waals surface area contributed by atoms with Gasteiger partial charge in [0.2, 0.25) is 0 Å². The number of halogens is 1. The van der Waals surface area contributed by atoms with E-state index in [1.54, 1.807) is 12.7 Å². The first-order valence-electron chi connectivity index (χ1n) is 6.65. The van der Waals surface area contributed by atoms with E-state index in [1.807, 2.05) is 47.1 Å². The van der Waals surface area contributed by atoms with Gasteiger partial charge in [0.25, 0.3) is 0 Å². The van der Waals surface area contributed by atoms with Crippen LogP contribution in [0.15, 0.2) is 67.3 Å². The Hall–Kier alpha value is -2.39. The van der Waals surface area contributed by atoms with Crippen LogP contribution in [0.3, 0.4) is 0 Å². The lowest BCUT2D eigenvalue weighted by Gasteiger charge is -2.08. The maximum Gasteiger partial charge on any atom is 0.137 e. The van der Waals surface area contributed by atoms with Crippen molar-refractivity contribution in [2.24, 2.45) is 0 Å². The molecule has 0 saturated carbocycles. The van der Waals surface area contributed by atoms with Gasteiger partial charge in [0, 0.05) is 5.02 Å². The lowest BCUT2D eigenvalue weighted by molar-refractivity contribution is 0.711. The van der Waals surface area contributed by atoms with Gasteiger partial charge in [-0.15, -0.1) is 0 Å². The molecule has 1 heterocycles. The van der Waals surface area contributed by atoms with Crippen LogP contribution in [-0.2, 0) is 6.54 Å². The van der Waals surface area contributed by atoms with E-state index in [4.69, 9.17) is 11.6 Å². The average molecular weight is 296 g/mol. The van der Waals surface area contributed by atoms with Gasteiger partial charge in [0.05, 0.1) is 6.54 Å². The normalized spacial score (nSPS) is 11.6. The second-order valence-electron chi connectivity index (χ2n) is 4.68. The Kier molecular flexibility index (Phi) is 4.12. The van der Waals surface area contributed by atoms with E-state index in [0.29, 0.717) is 6.54 Å². The van der Waals surface area contributed by atoms with E-state index in [-0.39, 0.29) is 0 Å². The van der Waals surface area contributed by atoms with Gasteiger partial charge >= 0.3 is 0 Å². The molecular weight excluding hydrogens is 282 g/mol. The summed E-state index contributed by atoms with van der Waals surface area (Å²) in [5, 5.41) is 4.92. The van der Waals surface area contributed by atoms with Crippen LogP contribution in [0.4, 0.5) is 0 Å². The summed E-state index contributed by atoms with van der Waals surface area (Å²) in [6.45, 7) is 0.673. The van der Waals surface area contributed by atoms with Crippen LogP contribution in [0.5, 0.6) is 0 Å². The minimum atomic E-state index is 0.673. The summed E-state index contributed by atoms with van der Waals surface area (Å²) in [6, 6.07) is 18.1. The van der Waals surface area contributed by atoms with Crippen molar-refractivity contribution in [1.29, 1.82) is 0 Å². The summed E-state index contributed by atoms with van der Waals surface area (Å²) in [6.07, 6.45) is 5.41. The molecule has 0 spiro atoms. The average Bonchev–Trinajstić information content (AvgIpc) is 3.03. The molecule has 2 aromatic carbocycles. The molecule has 3 rings (SSSR count). The van der Waals surface area contributed by atoms with Gasteiger partial charge in [-0.2, -0.15) is 5.10 Å². The minimum absolute atomic E-state index is 0.673. The zero-order chi connectivity index (χ0) is 14.5. The monoisotopic (exact) mass is 295 g/mol. The van der Waals surface area contributed by atoms with Crippen LogP contribution >= 0.6 is 11.6 Å². The number of hydrogen-bond donors (Lipinski definition) is 0. The number of benzene rings is 2. The van der Waals surface area contributed by atoms with Gasteiger partial charge in [-0.05, 0) is 34.9 Å². The second-order valence-corrected chi connectivity index (χ2v) is 5.12. The highest BCUT2D eigenvalue weighted by Gasteiger charge is 2.04. The van der Waals surface area contributed by atoms with Crippen molar-refractivity contribution < 1.29 is 0 Å². The second kappa shape index (κ2) is 6.37. The van der Waals surface area contributed by atoms with Crippen molar-refractivity contribution in [2.75, 3.05) is 0 Å². The Morgan fingerprint density at radius 2 is 1.81 bits per heavy atom. The molecule has 1 aromatic heterocycles. The number of aromatic nitrogens is 3. The van der Waals surface area contributed by atoms with Crippen LogP contribution < -0.4 is 0 Å². The van der Waals surface area contributed by atoms with E-state index < -0.39 is 0 Å². The highest BCUT2D eigenvalue weighted by atomic mass is 35.5. The molecule has 0 fully saturated rings. The Bertz CT molecular complexity index is 716. The summed E-state index contributed by atoms with van der Waals surface area (Å²) < 4.78 is 1.81. The van der Waals surface area contributed by atoms with Crippen LogP contribution in [0, 0.1) is 0 Å². The van der Waals surface area contributed by atoms with Gasteiger partial charge in [0.1, 0.15) is 12.7 Å². The molecule has 104 valence electrons. The first-order valence-corrected chi connectivity index (χ1v) is 7.03. The Morgan fingerprint density at radius 3 is 2.48 bits per heavy atom. The fourth-order valence-corrected chi connectivity index (χ4v) is 2.25. The molecule has 0 atom stereocenters. The molecule has 4 heteroatoms. The molecule has 0 aliphatic carbocycles. The maximum absolute atomic E-state index is 5.94. The molecule has 0 amide bonds. The molecule has 0 aliphatic heterocycles. The quantitative estimate of drug-likeness (QED) is 0.676. The molecule has 3 nitrogen and oxygen atoms in total. The summed E-state index contributed by atoms with van der Waals surface area (Å²) >= 11 is 5.94. The lowest BCUT2D eigenvalue weighted by atomic mass is 10.0. The minimum Gasteiger partial charge on any atom is -0.249 e. The largest absolute Gasteiger partial charge is 0.249 e. The van der Waals surface area contributed by atoms with Crippen molar-refractivity contribution in [2.45, 2.75) is 6.54 Å². The zero-order valence-electron chi connectivity index (χ0n) is 11.4. The summed E-state index contributed by atoms with van der Waals surface area (Å²) in [4.78, 5) is 3.99. The molecule has 3 aromatic rings. The van der Waals surface area contributed by atoms with Gasteiger partial charge < -0.3 is 0 Å². The van der Waals surface area contributed by atoms with Crippen LogP contribution in [0.2, 0.25) is 5.02 Å². The van der Waals surface area contributed by atoms with Crippen molar-refractivity contribution in [3.8, 4) is 0 Å². The lowest BCUT2D eigenvalue weighted by Crippen LogP contribution is -2.01. The molecular formula is C17H14ClN3. The van der Waals surface area contributed by atoms with E-state index in [0.717, 1.165) is 10.6 Å². The van der Waals surface area contributed by atoms with Gasteiger partial charge in [-0.1, -0.05) is 54.1 Å². The highest BCUT2D eigenvalue weighted by Crippen LogP contribution is 2.21. The van der Waals surface area contributed by atoms with Crippen molar-refractivity contribution in [1.82, 2.24) is 14.8 Å². The predicted molar refractivity (Wildman–Crippen MR) is 85.8 cm³/mol. The smallest absolute Gasteiger partial charge is 0.137 e. The molecule has 0 saturated heterocycles. The predicted octanol–water partition coefficient (Wildman–Crippen LogP) is 4.17. The summed E-state index contributed by atoms with van der Waals surface area (Å²) in [5.74, 6) is 0. The molecule has 21 heavy (non-hydrogen) atoms. The van der Waals surface area contributed by atoms with Gasteiger partial charge in [-0.3, -0.25) is 0 Å². The fourth-order valence-electron chi connectivity index (χ4n) is 2.12. The fraction of sp³-hybridized carbons (Fsp3) is 0.0588. The summed E-state index contributed by atoms with van der Waals surface area (Å²) in [5.41, 5.74) is 3.45. The zero-order valence-corrected chi connectivity index (χ0v) is 12.1. The summed E-state index contributed by atoms with van der Waals surface area (Å²) in [7, 11) is 0. The Labute approximate surface area is 128 Å². The van der Waals surface area contributed by atoms with E-state index in [1.165, 1.54) is 11.1 Å². The third-order valence-corrected chi connectivity index (χ3v) is 3.41. The molecule has 0 unspecified atom stereocenters. The van der Waals surface area contributed by atoms with E-state index >= 15 is 0 Å². The maximum atomic E-state index is 5.94. The van der Waals surface area contributed by atoms with Crippen LogP contribution in [-0.4, -0.2) is 14.8 Å². The molecule has 0 N–H and O–H groups in total. The van der Waals surface area contributed by atoms with E-state index in [2.05, 4.69) is 28.3 Å². The Morgan fingerprint density at radius 1 is 1.05 bits per heavy atom. The topological polar surface area (TPSA) is 30.7 Å². The van der Waals surface area contributed by atoms with Crippen molar-refractivity contribution >= 4 is 23.3 Å². The highest BCUT2D eigenvalue weighted by molar-refractivity contribution is 6.30. The molecule has 0 radical (unpaired) electrons. The number of nitrogens with zero attached hydrogens (tertiary/aromatic N) is 3. The van der Waals surface area contributed by atoms with Crippen molar-refractivity contribution in [3.63, 3.8) is 0 Å². The van der Waals surface area contributed by atoms with Gasteiger partial charge in [-0.25, -0.2) is 9.67 Å². The standard InChI is InChI=1S/C17H14ClN3/c18-17-8-6-14(7-9-17)10-16(11-21-13-19-12-20-21)15-4-2-1-3-5-15/h1-10,12-13H,11H2/b16-10+. The number of hydrogen-bond acceptors (Lipinski definition) is 2. The molecule has 0 bridgehead atoms. The van der Waals surface area contributed by atoms with Gasteiger partial charge in [0.15, 0.2) is 0 Å². The molecule has 0 aliphatic rings. The SMILES string of the molecule is Clc1ccc(/C=C(\Cn2cncn2)c2ccccc2)cc1. The van der Waals surface area contributed by atoms with Crippen LogP contribution in [0.25, 0.3) is 11.6 Å². The first kappa shape index (κ1) is 13.6. The third-order valence-electron chi connectivity index (χ3n) is 3.15. The van der Waals surface area contributed by atoms with Crippen molar-refractivity contribution in [3.05, 3.63) is 83.4 Å². The Balaban J connectivity index is 1.97.